The third-order valence-corrected chi connectivity index (χ3v) is 7.52. The molecule has 1 amide bonds. The standard InChI is InChI=1S/C28H30ClN5O5S/c1-17(2)23(32-27(36)39-28(3,4)5)26(35)34-12-11-18-13-19(16-31-25(18)34)20-14-22(24(29)30-15-20)33-40(37,38)21-9-7-6-8-10-21/h6-17,23,33H,1-5H3,(H,32,36)/t23-/m0/s1. The number of carbonyl (C=O) groups is 2. The molecule has 4 aromatic rings. The fraction of sp³-hybridized carbons (Fsp3) is 0.286. The van der Waals surface area contributed by atoms with Gasteiger partial charge in [0.15, 0.2) is 5.15 Å². The summed E-state index contributed by atoms with van der Waals surface area (Å²) in [7, 11) is -3.88. The molecule has 0 radical (unpaired) electrons. The third kappa shape index (κ3) is 6.60. The molecule has 4 rings (SSSR count). The number of pyridine rings is 2. The zero-order valence-corrected chi connectivity index (χ0v) is 24.2. The Morgan fingerprint density at radius 2 is 1.65 bits per heavy atom. The van der Waals surface area contributed by atoms with Crippen molar-refractivity contribution in [1.29, 1.82) is 0 Å². The second-order valence-electron chi connectivity index (χ2n) is 10.5. The van der Waals surface area contributed by atoms with Crippen LogP contribution in [0, 0.1) is 5.92 Å². The van der Waals surface area contributed by atoms with Crippen LogP contribution in [0.3, 0.4) is 0 Å². The fourth-order valence-electron chi connectivity index (χ4n) is 3.94. The van der Waals surface area contributed by atoms with Gasteiger partial charge in [-0.05, 0) is 57.0 Å². The summed E-state index contributed by atoms with van der Waals surface area (Å²) >= 11 is 6.20. The molecule has 1 atom stereocenters. The Kier molecular flexibility index (Phi) is 8.18. The van der Waals surface area contributed by atoms with E-state index in [9.17, 15) is 18.0 Å². The highest BCUT2D eigenvalue weighted by Crippen LogP contribution is 2.30. The molecule has 3 aromatic heterocycles. The topological polar surface area (TPSA) is 132 Å². The number of hydrogen-bond donors (Lipinski definition) is 2. The van der Waals surface area contributed by atoms with E-state index in [2.05, 4.69) is 20.0 Å². The van der Waals surface area contributed by atoms with Crippen molar-refractivity contribution in [1.82, 2.24) is 19.9 Å². The SMILES string of the molecule is CC(C)[C@H](NC(=O)OC(C)(C)C)C(=O)n1ccc2cc(-c3cnc(Cl)c(NS(=O)(=O)c4ccccc4)c3)cnc21. The molecule has 40 heavy (non-hydrogen) atoms. The van der Waals surface area contributed by atoms with Gasteiger partial charge in [0.2, 0.25) is 0 Å². The van der Waals surface area contributed by atoms with Crippen LogP contribution >= 0.6 is 11.6 Å². The van der Waals surface area contributed by atoms with Gasteiger partial charge in [-0.2, -0.15) is 0 Å². The Bertz CT molecular complexity index is 1660. The van der Waals surface area contributed by atoms with Crippen LogP contribution in [0.5, 0.6) is 0 Å². The number of ether oxygens (including phenoxy) is 1. The molecular weight excluding hydrogens is 554 g/mol. The Hall–Kier alpha value is -3.96. The molecule has 0 saturated heterocycles. The quantitative estimate of drug-likeness (QED) is 0.265. The van der Waals surface area contributed by atoms with Crippen LogP contribution in [-0.4, -0.2) is 46.6 Å². The Labute approximate surface area is 237 Å². The number of sulfonamides is 1. The Balaban J connectivity index is 1.61. The van der Waals surface area contributed by atoms with Crippen LogP contribution in [0.1, 0.15) is 39.4 Å². The first-order valence-electron chi connectivity index (χ1n) is 12.5. The van der Waals surface area contributed by atoms with Crippen molar-refractivity contribution >= 4 is 50.3 Å². The lowest BCUT2D eigenvalue weighted by Gasteiger charge is -2.25. The van der Waals surface area contributed by atoms with E-state index < -0.39 is 27.8 Å². The zero-order chi connectivity index (χ0) is 29.2. The number of fused-ring (bicyclic) bond motifs is 1. The first-order chi connectivity index (χ1) is 18.7. The molecule has 12 heteroatoms. The number of carbonyl (C=O) groups excluding carboxylic acids is 2. The van der Waals surface area contributed by atoms with E-state index in [1.54, 1.807) is 69.6 Å². The minimum Gasteiger partial charge on any atom is -0.444 e. The average molecular weight is 584 g/mol. The van der Waals surface area contributed by atoms with Crippen molar-refractivity contribution in [3.05, 3.63) is 72.3 Å². The van der Waals surface area contributed by atoms with Crippen molar-refractivity contribution in [2.45, 2.75) is 51.2 Å². The maximum absolute atomic E-state index is 13.4. The highest BCUT2D eigenvalue weighted by atomic mass is 35.5. The van der Waals surface area contributed by atoms with E-state index in [0.717, 1.165) is 0 Å². The second kappa shape index (κ2) is 11.3. The van der Waals surface area contributed by atoms with E-state index in [4.69, 9.17) is 16.3 Å². The van der Waals surface area contributed by atoms with Gasteiger partial charge in [-0.25, -0.2) is 23.2 Å². The summed E-state index contributed by atoms with van der Waals surface area (Å²) in [5.41, 5.74) is 1.01. The highest BCUT2D eigenvalue weighted by Gasteiger charge is 2.29. The summed E-state index contributed by atoms with van der Waals surface area (Å²) in [5, 5.41) is 3.32. The highest BCUT2D eigenvalue weighted by molar-refractivity contribution is 7.92. The number of aromatic nitrogens is 3. The molecule has 210 valence electrons. The maximum Gasteiger partial charge on any atom is 0.408 e. The molecule has 0 bridgehead atoms. The largest absolute Gasteiger partial charge is 0.444 e. The zero-order valence-electron chi connectivity index (χ0n) is 22.7. The second-order valence-corrected chi connectivity index (χ2v) is 12.6. The molecule has 0 aliphatic heterocycles. The summed E-state index contributed by atoms with van der Waals surface area (Å²) in [4.78, 5) is 34.5. The molecule has 1 aromatic carbocycles. The molecule has 0 aliphatic rings. The molecule has 10 nitrogen and oxygen atoms in total. The average Bonchev–Trinajstić information content (AvgIpc) is 3.31. The molecule has 3 heterocycles. The van der Waals surface area contributed by atoms with Gasteiger partial charge >= 0.3 is 6.09 Å². The normalized spacial score (nSPS) is 12.8. The molecule has 0 saturated carbocycles. The van der Waals surface area contributed by atoms with Crippen molar-refractivity contribution in [2.24, 2.45) is 5.92 Å². The van der Waals surface area contributed by atoms with Crippen LogP contribution in [0.4, 0.5) is 10.5 Å². The summed E-state index contributed by atoms with van der Waals surface area (Å²) in [6, 6.07) is 12.2. The molecule has 2 N–H and O–H groups in total. The lowest BCUT2D eigenvalue weighted by atomic mass is 10.0. The van der Waals surface area contributed by atoms with Gasteiger partial charge in [0.05, 0.1) is 10.6 Å². The monoisotopic (exact) mass is 583 g/mol. The first-order valence-corrected chi connectivity index (χ1v) is 14.4. The molecule has 0 aliphatic carbocycles. The minimum atomic E-state index is -3.88. The van der Waals surface area contributed by atoms with Crippen LogP contribution in [0.25, 0.3) is 22.2 Å². The van der Waals surface area contributed by atoms with Gasteiger partial charge in [-0.3, -0.25) is 14.1 Å². The van der Waals surface area contributed by atoms with Crippen LogP contribution < -0.4 is 10.0 Å². The minimum absolute atomic E-state index is 0.00809. The van der Waals surface area contributed by atoms with Crippen LogP contribution in [0.15, 0.2) is 72.0 Å². The number of hydrogen-bond acceptors (Lipinski definition) is 7. The fourth-order valence-corrected chi connectivity index (χ4v) is 5.22. The lowest BCUT2D eigenvalue weighted by Crippen LogP contribution is -2.48. The molecule has 0 fully saturated rings. The van der Waals surface area contributed by atoms with E-state index >= 15 is 0 Å². The van der Waals surface area contributed by atoms with Crippen molar-refractivity contribution in [3.8, 4) is 11.1 Å². The lowest BCUT2D eigenvalue weighted by molar-refractivity contribution is 0.0465. The van der Waals surface area contributed by atoms with Gasteiger partial charge in [-0.1, -0.05) is 43.6 Å². The Morgan fingerprint density at radius 1 is 1.00 bits per heavy atom. The maximum atomic E-state index is 13.4. The number of anilines is 1. The summed E-state index contributed by atoms with van der Waals surface area (Å²) in [6.45, 7) is 8.90. The number of benzene rings is 1. The number of alkyl carbamates (subject to hydrolysis) is 1. The summed E-state index contributed by atoms with van der Waals surface area (Å²) < 4.78 is 34.8. The van der Waals surface area contributed by atoms with E-state index in [1.807, 2.05) is 13.8 Å². The van der Waals surface area contributed by atoms with E-state index in [0.29, 0.717) is 22.2 Å². The predicted octanol–water partition coefficient (Wildman–Crippen LogP) is 5.74. The van der Waals surface area contributed by atoms with Crippen molar-refractivity contribution in [2.75, 3.05) is 4.72 Å². The van der Waals surface area contributed by atoms with Gasteiger partial charge in [0.1, 0.15) is 17.3 Å². The molecule has 0 spiro atoms. The first kappa shape index (κ1) is 29.0. The van der Waals surface area contributed by atoms with Crippen LogP contribution in [-0.2, 0) is 14.8 Å². The number of nitrogens with one attached hydrogen (secondary N) is 2. The number of halogens is 1. The predicted molar refractivity (Wildman–Crippen MR) is 154 cm³/mol. The van der Waals surface area contributed by atoms with Crippen molar-refractivity contribution < 1.29 is 22.7 Å². The van der Waals surface area contributed by atoms with Gasteiger partial charge in [0, 0.05) is 35.1 Å². The smallest absolute Gasteiger partial charge is 0.408 e. The van der Waals surface area contributed by atoms with Crippen molar-refractivity contribution in [3.63, 3.8) is 0 Å². The van der Waals surface area contributed by atoms with Gasteiger partial charge < -0.3 is 10.1 Å². The van der Waals surface area contributed by atoms with Gasteiger partial charge in [-0.15, -0.1) is 0 Å². The number of nitrogens with zero attached hydrogens (tertiary/aromatic N) is 3. The van der Waals surface area contributed by atoms with E-state index in [1.165, 1.54) is 22.9 Å². The summed E-state index contributed by atoms with van der Waals surface area (Å²) in [6.07, 6.45) is 3.97. The Morgan fingerprint density at radius 3 is 2.30 bits per heavy atom. The molecular formula is C28H30ClN5O5S. The number of rotatable bonds is 7. The van der Waals surface area contributed by atoms with Crippen LogP contribution in [0.2, 0.25) is 5.15 Å². The molecule has 0 unspecified atom stereocenters. The number of amides is 1. The third-order valence-electron chi connectivity index (χ3n) is 5.84. The summed E-state index contributed by atoms with van der Waals surface area (Å²) in [5.74, 6) is -0.572. The van der Waals surface area contributed by atoms with Gasteiger partial charge in [0.25, 0.3) is 15.9 Å². The van der Waals surface area contributed by atoms with E-state index in [-0.39, 0.29) is 27.6 Å².